The van der Waals surface area contributed by atoms with Crippen LogP contribution in [0.3, 0.4) is 0 Å². The summed E-state index contributed by atoms with van der Waals surface area (Å²) in [5.41, 5.74) is 5.96. The van der Waals surface area contributed by atoms with E-state index in [0.717, 1.165) is 0 Å². The molecule has 1 aromatic rings. The Morgan fingerprint density at radius 3 is 2.80 bits per heavy atom. The smallest absolute Gasteiger partial charge is 0.271 e. The Bertz CT molecular complexity index is 334. The number of aryl methyl sites for hydroxylation is 1. The monoisotopic (exact) mass is 210 g/mol. The minimum Gasteiger partial charge on any atom is -0.348 e. The molecule has 3 N–H and O–H groups in total. The van der Waals surface area contributed by atoms with Crippen LogP contribution in [0.1, 0.15) is 24.3 Å². The van der Waals surface area contributed by atoms with E-state index >= 15 is 0 Å². The minimum atomic E-state index is -0.150. The van der Waals surface area contributed by atoms with Gasteiger partial charge in [0.25, 0.3) is 5.91 Å². The zero-order chi connectivity index (χ0) is 11.4. The summed E-state index contributed by atoms with van der Waals surface area (Å²) in [6, 6.07) is 0.0597. The van der Waals surface area contributed by atoms with Gasteiger partial charge in [0.2, 0.25) is 0 Å². The largest absolute Gasteiger partial charge is 0.348 e. The Morgan fingerprint density at radius 1 is 1.67 bits per heavy atom. The fraction of sp³-hybridized carbons (Fsp3) is 0.600. The van der Waals surface area contributed by atoms with Crippen molar-refractivity contribution >= 4 is 5.91 Å². The molecule has 0 bridgehead atoms. The van der Waals surface area contributed by atoms with Gasteiger partial charge in [0.15, 0.2) is 0 Å². The van der Waals surface area contributed by atoms with Gasteiger partial charge in [-0.25, -0.2) is 4.98 Å². The average molecular weight is 210 g/mol. The van der Waals surface area contributed by atoms with Crippen LogP contribution in [-0.4, -0.2) is 28.0 Å². The maximum atomic E-state index is 11.7. The molecule has 0 fully saturated rings. The maximum Gasteiger partial charge on any atom is 0.271 e. The molecule has 0 radical (unpaired) electrons. The second kappa shape index (κ2) is 4.93. The summed E-state index contributed by atoms with van der Waals surface area (Å²) in [5, 5.41) is 2.87. The topological polar surface area (TPSA) is 72.9 Å². The van der Waals surface area contributed by atoms with Crippen molar-refractivity contribution in [2.45, 2.75) is 19.9 Å². The number of hydrogen-bond acceptors (Lipinski definition) is 3. The fourth-order valence-corrected chi connectivity index (χ4v) is 1.16. The Morgan fingerprint density at radius 2 is 2.33 bits per heavy atom. The summed E-state index contributed by atoms with van der Waals surface area (Å²) >= 11 is 0. The van der Waals surface area contributed by atoms with E-state index in [9.17, 15) is 4.79 Å². The van der Waals surface area contributed by atoms with E-state index in [2.05, 4.69) is 10.3 Å². The molecule has 0 aromatic carbocycles. The minimum absolute atomic E-state index is 0.0597. The summed E-state index contributed by atoms with van der Waals surface area (Å²) in [4.78, 5) is 15.6. The van der Waals surface area contributed by atoms with Gasteiger partial charge in [-0.1, -0.05) is 6.92 Å². The predicted molar refractivity (Wildman–Crippen MR) is 58.4 cm³/mol. The van der Waals surface area contributed by atoms with Gasteiger partial charge in [0.1, 0.15) is 5.69 Å². The number of amides is 1. The first-order chi connectivity index (χ1) is 7.04. The predicted octanol–water partition coefficient (Wildman–Crippen LogP) is 0.133. The summed E-state index contributed by atoms with van der Waals surface area (Å²) in [5.74, 6) is 0.112. The third-order valence-electron chi connectivity index (χ3n) is 2.52. The van der Waals surface area contributed by atoms with Crippen molar-refractivity contribution in [3.63, 3.8) is 0 Å². The van der Waals surface area contributed by atoms with Crippen LogP contribution >= 0.6 is 0 Å². The molecule has 0 aliphatic rings. The van der Waals surface area contributed by atoms with Gasteiger partial charge in [0, 0.05) is 19.3 Å². The lowest BCUT2D eigenvalue weighted by Crippen LogP contribution is -2.39. The van der Waals surface area contributed by atoms with Gasteiger partial charge in [-0.3, -0.25) is 4.79 Å². The molecular formula is C10H18N4O. The van der Waals surface area contributed by atoms with Crippen molar-refractivity contribution in [1.82, 2.24) is 14.9 Å². The normalized spacial score (nSPS) is 14.7. The lowest BCUT2D eigenvalue weighted by atomic mass is 10.0. The second-order valence-electron chi connectivity index (χ2n) is 3.90. The average Bonchev–Trinajstić information content (AvgIpc) is 2.63. The Labute approximate surface area is 89.7 Å². The number of carbonyl (C=O) groups is 1. The summed E-state index contributed by atoms with van der Waals surface area (Å²) < 4.78 is 1.74. The molecule has 2 atom stereocenters. The molecule has 0 aliphatic heterocycles. The highest BCUT2D eigenvalue weighted by molar-refractivity contribution is 5.92. The lowest BCUT2D eigenvalue weighted by molar-refractivity contribution is 0.0925. The number of hydrogen-bond donors (Lipinski definition) is 2. The molecule has 1 heterocycles. The Kier molecular flexibility index (Phi) is 3.85. The van der Waals surface area contributed by atoms with E-state index in [0.29, 0.717) is 12.2 Å². The van der Waals surface area contributed by atoms with Crippen LogP contribution in [-0.2, 0) is 7.05 Å². The number of rotatable bonds is 4. The third-order valence-corrected chi connectivity index (χ3v) is 2.52. The molecule has 1 rings (SSSR count). The number of nitrogens with one attached hydrogen (secondary N) is 1. The van der Waals surface area contributed by atoms with E-state index in [1.807, 2.05) is 20.9 Å². The summed E-state index contributed by atoms with van der Waals surface area (Å²) in [7, 11) is 1.83. The molecule has 84 valence electrons. The summed E-state index contributed by atoms with van der Waals surface area (Å²) in [6.07, 6.45) is 3.29. The number of nitrogens with two attached hydrogens (primary N) is 1. The molecule has 15 heavy (non-hydrogen) atoms. The van der Waals surface area contributed by atoms with E-state index in [4.69, 9.17) is 5.73 Å². The van der Waals surface area contributed by atoms with Crippen LogP contribution in [0.25, 0.3) is 0 Å². The molecule has 0 saturated heterocycles. The van der Waals surface area contributed by atoms with Crippen LogP contribution in [0.5, 0.6) is 0 Å². The molecule has 2 unspecified atom stereocenters. The number of nitrogens with zero attached hydrogens (tertiary/aromatic N) is 2. The maximum absolute atomic E-state index is 11.7. The quantitative estimate of drug-likeness (QED) is 0.742. The lowest BCUT2D eigenvalue weighted by Gasteiger charge is -2.18. The molecule has 5 nitrogen and oxygen atoms in total. The first-order valence-electron chi connectivity index (χ1n) is 5.03. The van der Waals surface area contributed by atoms with Crippen LogP contribution in [0.2, 0.25) is 0 Å². The van der Waals surface area contributed by atoms with Gasteiger partial charge < -0.3 is 15.6 Å². The third kappa shape index (κ3) is 3.06. The van der Waals surface area contributed by atoms with E-state index in [1.54, 1.807) is 17.1 Å². The van der Waals surface area contributed by atoms with Crippen LogP contribution in [0.15, 0.2) is 12.5 Å². The Hall–Kier alpha value is -1.36. The van der Waals surface area contributed by atoms with Crippen LogP contribution in [0, 0.1) is 5.92 Å². The molecule has 1 aromatic heterocycles. The molecule has 1 amide bonds. The molecule has 0 aliphatic carbocycles. The molecule has 0 saturated carbocycles. The van der Waals surface area contributed by atoms with Gasteiger partial charge in [-0.15, -0.1) is 0 Å². The van der Waals surface area contributed by atoms with Crippen LogP contribution in [0.4, 0.5) is 0 Å². The van der Waals surface area contributed by atoms with Gasteiger partial charge >= 0.3 is 0 Å². The molecule has 0 spiro atoms. The van der Waals surface area contributed by atoms with Crippen molar-refractivity contribution < 1.29 is 4.79 Å². The first-order valence-corrected chi connectivity index (χ1v) is 5.03. The van der Waals surface area contributed by atoms with E-state index in [-0.39, 0.29) is 17.9 Å². The standard InChI is InChI=1S/C10H18N4O/c1-7(4-11)8(2)13-10(15)9-5-14(3)6-12-9/h5-8H,4,11H2,1-3H3,(H,13,15). The zero-order valence-electron chi connectivity index (χ0n) is 9.40. The number of carbonyl (C=O) groups excluding carboxylic acids is 1. The highest BCUT2D eigenvalue weighted by atomic mass is 16.1. The van der Waals surface area contributed by atoms with Crippen molar-refractivity contribution in [2.24, 2.45) is 18.7 Å². The zero-order valence-corrected chi connectivity index (χ0v) is 9.40. The molecular weight excluding hydrogens is 192 g/mol. The highest BCUT2D eigenvalue weighted by Gasteiger charge is 2.15. The van der Waals surface area contributed by atoms with Crippen molar-refractivity contribution in [3.8, 4) is 0 Å². The van der Waals surface area contributed by atoms with Crippen molar-refractivity contribution in [3.05, 3.63) is 18.2 Å². The van der Waals surface area contributed by atoms with E-state index < -0.39 is 0 Å². The Balaban J connectivity index is 2.56. The second-order valence-corrected chi connectivity index (χ2v) is 3.90. The van der Waals surface area contributed by atoms with Crippen molar-refractivity contribution in [1.29, 1.82) is 0 Å². The van der Waals surface area contributed by atoms with E-state index in [1.165, 1.54) is 0 Å². The number of imidazole rings is 1. The first kappa shape index (κ1) is 11.7. The fourth-order valence-electron chi connectivity index (χ4n) is 1.16. The number of aromatic nitrogens is 2. The van der Waals surface area contributed by atoms with Crippen molar-refractivity contribution in [2.75, 3.05) is 6.54 Å². The van der Waals surface area contributed by atoms with Gasteiger partial charge in [0.05, 0.1) is 6.33 Å². The van der Waals surface area contributed by atoms with Crippen LogP contribution < -0.4 is 11.1 Å². The SMILES string of the molecule is CC(CN)C(C)NC(=O)c1cn(C)cn1. The van der Waals surface area contributed by atoms with Gasteiger partial charge in [-0.05, 0) is 19.4 Å². The van der Waals surface area contributed by atoms with Gasteiger partial charge in [-0.2, -0.15) is 0 Å². The summed E-state index contributed by atoms with van der Waals surface area (Å²) in [6.45, 7) is 4.51. The molecule has 5 heteroatoms. The highest BCUT2D eigenvalue weighted by Crippen LogP contribution is 2.01.